The number of rotatable bonds is 4. The lowest BCUT2D eigenvalue weighted by atomic mass is 9.97. The van der Waals surface area contributed by atoms with Gasteiger partial charge in [0.1, 0.15) is 10.7 Å². The van der Waals surface area contributed by atoms with Crippen LogP contribution in [-0.2, 0) is 22.4 Å². The topological polar surface area (TPSA) is 72.6 Å². The average molecular weight is 432 g/mol. The number of thioether (sulfide) groups is 1. The molecule has 1 aliphatic heterocycles. The molecule has 0 radical (unpaired) electrons. The fourth-order valence-electron chi connectivity index (χ4n) is 4.16. The Labute approximate surface area is 177 Å². The molecule has 5 rings (SSSR count). The van der Waals surface area contributed by atoms with Gasteiger partial charge in [0.25, 0.3) is 0 Å². The smallest absolute Gasteiger partial charge is 0.233 e. The minimum absolute atomic E-state index is 0.128. The predicted molar refractivity (Wildman–Crippen MR) is 115 cm³/mol. The SMILES string of the molecule is CC(C)c1nc2sc3c(c2c2nnc(SCC(=O)N4CCOCC4)n12)CCCC3. The summed E-state index contributed by atoms with van der Waals surface area (Å²) in [6.07, 6.45) is 4.72. The van der Waals surface area contributed by atoms with E-state index in [9.17, 15) is 4.79 Å². The largest absolute Gasteiger partial charge is 0.378 e. The molecule has 0 spiro atoms. The minimum atomic E-state index is 0.128. The van der Waals surface area contributed by atoms with Crippen molar-refractivity contribution < 1.29 is 9.53 Å². The van der Waals surface area contributed by atoms with E-state index >= 15 is 0 Å². The Bertz CT molecular complexity index is 1070. The number of amides is 1. The zero-order valence-electron chi connectivity index (χ0n) is 16.8. The molecule has 0 unspecified atom stereocenters. The Morgan fingerprint density at radius 2 is 2.00 bits per heavy atom. The first-order valence-corrected chi connectivity index (χ1v) is 12.1. The molecule has 0 aromatic carbocycles. The van der Waals surface area contributed by atoms with Gasteiger partial charge in [0, 0.05) is 23.9 Å². The van der Waals surface area contributed by atoms with Crippen molar-refractivity contribution in [3.63, 3.8) is 0 Å². The van der Waals surface area contributed by atoms with E-state index in [2.05, 4.69) is 28.4 Å². The molecular weight excluding hydrogens is 406 g/mol. The second-order valence-electron chi connectivity index (χ2n) is 7.94. The van der Waals surface area contributed by atoms with Gasteiger partial charge in [-0.1, -0.05) is 25.6 Å². The number of hydrogen-bond donors (Lipinski definition) is 0. The van der Waals surface area contributed by atoms with Crippen LogP contribution in [0.5, 0.6) is 0 Å². The Hall–Kier alpha value is -1.71. The molecule has 9 heteroatoms. The van der Waals surface area contributed by atoms with Gasteiger partial charge in [-0.15, -0.1) is 21.5 Å². The summed E-state index contributed by atoms with van der Waals surface area (Å²) in [5.74, 6) is 1.70. The highest BCUT2D eigenvalue weighted by atomic mass is 32.2. The number of fused-ring (bicyclic) bond motifs is 5. The second kappa shape index (κ2) is 7.85. The highest BCUT2D eigenvalue weighted by molar-refractivity contribution is 7.99. The summed E-state index contributed by atoms with van der Waals surface area (Å²) in [5, 5.41) is 11.0. The maximum absolute atomic E-state index is 12.6. The summed E-state index contributed by atoms with van der Waals surface area (Å²) >= 11 is 3.28. The van der Waals surface area contributed by atoms with Gasteiger partial charge in [-0.25, -0.2) is 4.98 Å². The number of morpholine rings is 1. The third-order valence-electron chi connectivity index (χ3n) is 5.66. The molecule has 29 heavy (non-hydrogen) atoms. The standard InChI is InChI=1S/C20H25N5O2S2/c1-12(2)17-21-19-16(13-5-3-4-6-14(13)29-19)18-22-23-20(25(17)18)28-11-15(26)24-7-9-27-10-8-24/h12H,3-11H2,1-2H3. The van der Waals surface area contributed by atoms with Crippen molar-refractivity contribution >= 4 is 44.9 Å². The van der Waals surface area contributed by atoms with Crippen molar-refractivity contribution in [3.8, 4) is 0 Å². The average Bonchev–Trinajstić information content (AvgIpc) is 3.32. The first kappa shape index (κ1) is 19.3. The molecule has 0 N–H and O–H groups in total. The van der Waals surface area contributed by atoms with Crippen LogP contribution < -0.4 is 0 Å². The van der Waals surface area contributed by atoms with E-state index in [-0.39, 0.29) is 11.8 Å². The highest BCUT2D eigenvalue weighted by Crippen LogP contribution is 2.39. The predicted octanol–water partition coefficient (Wildman–Crippen LogP) is 3.29. The van der Waals surface area contributed by atoms with Crippen LogP contribution in [0.15, 0.2) is 5.16 Å². The van der Waals surface area contributed by atoms with Crippen LogP contribution in [-0.4, -0.2) is 62.4 Å². The van der Waals surface area contributed by atoms with Crippen molar-refractivity contribution in [1.82, 2.24) is 24.5 Å². The Balaban J connectivity index is 1.53. The minimum Gasteiger partial charge on any atom is -0.378 e. The van der Waals surface area contributed by atoms with E-state index in [1.807, 2.05) is 16.2 Å². The van der Waals surface area contributed by atoms with Gasteiger partial charge < -0.3 is 9.64 Å². The molecule has 3 aromatic heterocycles. The van der Waals surface area contributed by atoms with Crippen molar-refractivity contribution in [2.24, 2.45) is 0 Å². The molecule has 7 nitrogen and oxygen atoms in total. The van der Waals surface area contributed by atoms with Gasteiger partial charge in [0.2, 0.25) is 5.91 Å². The Morgan fingerprint density at radius 3 is 2.79 bits per heavy atom. The van der Waals surface area contributed by atoms with Crippen molar-refractivity contribution in [1.29, 1.82) is 0 Å². The maximum atomic E-state index is 12.6. The molecule has 0 bridgehead atoms. The van der Waals surface area contributed by atoms with E-state index in [0.717, 1.165) is 34.3 Å². The number of aryl methyl sites for hydroxylation is 2. The van der Waals surface area contributed by atoms with Gasteiger partial charge in [0.15, 0.2) is 10.8 Å². The fourth-order valence-corrected chi connectivity index (χ4v) is 6.27. The molecule has 1 saturated heterocycles. The Kier molecular flexibility index (Phi) is 5.21. The summed E-state index contributed by atoms with van der Waals surface area (Å²) in [6, 6.07) is 0. The third-order valence-corrected chi connectivity index (χ3v) is 7.76. The lowest BCUT2D eigenvalue weighted by Gasteiger charge is -2.26. The zero-order chi connectivity index (χ0) is 20.0. The van der Waals surface area contributed by atoms with Crippen molar-refractivity contribution in [2.45, 2.75) is 50.6 Å². The number of thiophene rings is 1. The van der Waals surface area contributed by atoms with E-state index in [0.29, 0.717) is 32.1 Å². The molecule has 0 saturated carbocycles. The van der Waals surface area contributed by atoms with Gasteiger partial charge in [-0.05, 0) is 31.2 Å². The molecule has 154 valence electrons. The summed E-state index contributed by atoms with van der Waals surface area (Å²) in [6.45, 7) is 6.86. The molecule has 1 fully saturated rings. The third kappa shape index (κ3) is 3.43. The number of carbonyl (C=O) groups excluding carboxylic acids is 1. The monoisotopic (exact) mass is 431 g/mol. The van der Waals surface area contributed by atoms with Crippen LogP contribution in [0.2, 0.25) is 0 Å². The fraction of sp³-hybridized carbons (Fsp3) is 0.600. The van der Waals surface area contributed by atoms with Crippen LogP contribution in [0, 0.1) is 0 Å². The first-order valence-electron chi connectivity index (χ1n) is 10.3. The molecule has 1 aliphatic carbocycles. The Morgan fingerprint density at radius 1 is 1.21 bits per heavy atom. The van der Waals surface area contributed by atoms with E-state index < -0.39 is 0 Å². The van der Waals surface area contributed by atoms with E-state index in [4.69, 9.17) is 9.72 Å². The summed E-state index contributed by atoms with van der Waals surface area (Å²) in [7, 11) is 0. The van der Waals surface area contributed by atoms with Crippen LogP contribution in [0.25, 0.3) is 15.9 Å². The highest BCUT2D eigenvalue weighted by Gasteiger charge is 2.25. The number of carbonyl (C=O) groups is 1. The van der Waals surface area contributed by atoms with Crippen LogP contribution in [0.1, 0.15) is 48.9 Å². The summed E-state index contributed by atoms with van der Waals surface area (Å²) in [5.41, 5.74) is 2.32. The maximum Gasteiger partial charge on any atom is 0.233 e. The molecule has 2 aliphatic rings. The zero-order valence-corrected chi connectivity index (χ0v) is 18.4. The molecule has 0 atom stereocenters. The van der Waals surface area contributed by atoms with Gasteiger partial charge >= 0.3 is 0 Å². The molecule has 1 amide bonds. The number of aromatic nitrogens is 4. The van der Waals surface area contributed by atoms with Crippen LogP contribution >= 0.6 is 23.1 Å². The summed E-state index contributed by atoms with van der Waals surface area (Å²) in [4.78, 5) is 22.0. The van der Waals surface area contributed by atoms with Crippen LogP contribution in [0.3, 0.4) is 0 Å². The number of ether oxygens (including phenoxy) is 1. The normalized spacial score (nSPS) is 17.4. The number of hydrogen-bond acceptors (Lipinski definition) is 7. The number of nitrogens with zero attached hydrogens (tertiary/aromatic N) is 5. The van der Waals surface area contributed by atoms with Gasteiger partial charge in [-0.2, -0.15) is 0 Å². The lowest BCUT2D eigenvalue weighted by Crippen LogP contribution is -2.41. The van der Waals surface area contributed by atoms with Crippen molar-refractivity contribution in [2.75, 3.05) is 32.1 Å². The van der Waals surface area contributed by atoms with E-state index in [1.54, 1.807) is 0 Å². The molecule has 3 aromatic rings. The van der Waals surface area contributed by atoms with Gasteiger partial charge in [0.05, 0.1) is 24.4 Å². The summed E-state index contributed by atoms with van der Waals surface area (Å²) < 4.78 is 7.43. The van der Waals surface area contributed by atoms with E-state index in [1.165, 1.54) is 40.4 Å². The van der Waals surface area contributed by atoms with Crippen molar-refractivity contribution in [3.05, 3.63) is 16.3 Å². The lowest BCUT2D eigenvalue weighted by molar-refractivity contribution is -0.132. The first-order chi connectivity index (χ1) is 14.1. The molecular formula is C20H25N5O2S2. The second-order valence-corrected chi connectivity index (χ2v) is 9.97. The van der Waals surface area contributed by atoms with Gasteiger partial charge in [-0.3, -0.25) is 9.20 Å². The quantitative estimate of drug-likeness (QED) is 0.590. The van der Waals surface area contributed by atoms with Crippen LogP contribution in [0.4, 0.5) is 0 Å². The molecule has 4 heterocycles.